The highest BCUT2D eigenvalue weighted by molar-refractivity contribution is 5.93. The van der Waals surface area contributed by atoms with Gasteiger partial charge < -0.3 is 14.2 Å². The lowest BCUT2D eigenvalue weighted by Crippen LogP contribution is -2.34. The van der Waals surface area contributed by atoms with E-state index >= 15 is 0 Å². The average Bonchev–Trinajstić information content (AvgIpc) is 3.08. The van der Waals surface area contributed by atoms with Crippen LogP contribution in [0.15, 0.2) is 62.4 Å². The van der Waals surface area contributed by atoms with Crippen LogP contribution in [0.4, 0.5) is 0 Å². The summed E-state index contributed by atoms with van der Waals surface area (Å²) in [5, 5.41) is 3.24. The minimum atomic E-state index is -0.434. The standard InChI is InChI=1S/C18H18N2O4/c1-20(2)13(16-8-5-9-23-16)11-19-18(22)17-10-14(21)12-6-3-4-7-15(12)24-17/h3-10,13H,11H2,1-2H3,(H,19,22)/t13-/m0/s1. The molecule has 24 heavy (non-hydrogen) atoms. The molecule has 2 aromatic heterocycles. The zero-order valence-electron chi connectivity index (χ0n) is 13.5. The number of hydrogen-bond donors (Lipinski definition) is 1. The second-order valence-corrected chi connectivity index (χ2v) is 5.68. The number of para-hydroxylation sites is 1. The van der Waals surface area contributed by atoms with Crippen molar-refractivity contribution in [3.63, 3.8) is 0 Å². The van der Waals surface area contributed by atoms with Crippen molar-refractivity contribution in [2.75, 3.05) is 20.6 Å². The summed E-state index contributed by atoms with van der Waals surface area (Å²) in [6.07, 6.45) is 1.59. The van der Waals surface area contributed by atoms with E-state index < -0.39 is 5.91 Å². The molecule has 0 bridgehead atoms. The number of likely N-dealkylation sites (N-methyl/N-ethyl adjacent to an activating group) is 1. The predicted molar refractivity (Wildman–Crippen MR) is 90.0 cm³/mol. The van der Waals surface area contributed by atoms with Crippen LogP contribution in [0.2, 0.25) is 0 Å². The van der Waals surface area contributed by atoms with Crippen molar-refractivity contribution < 1.29 is 13.6 Å². The number of amides is 1. The second-order valence-electron chi connectivity index (χ2n) is 5.68. The average molecular weight is 326 g/mol. The molecule has 1 aromatic carbocycles. The Morgan fingerprint density at radius 3 is 2.71 bits per heavy atom. The first-order chi connectivity index (χ1) is 11.6. The fourth-order valence-corrected chi connectivity index (χ4v) is 2.51. The Labute approximate surface area is 138 Å². The van der Waals surface area contributed by atoms with Crippen molar-refractivity contribution in [1.82, 2.24) is 10.2 Å². The van der Waals surface area contributed by atoms with E-state index in [2.05, 4.69) is 5.32 Å². The Balaban J connectivity index is 1.79. The van der Waals surface area contributed by atoms with Gasteiger partial charge in [0.05, 0.1) is 17.7 Å². The first-order valence-corrected chi connectivity index (χ1v) is 7.57. The Bertz CT molecular complexity index is 897. The van der Waals surface area contributed by atoms with Crippen molar-refractivity contribution in [3.05, 3.63) is 70.5 Å². The van der Waals surface area contributed by atoms with E-state index in [4.69, 9.17) is 8.83 Å². The molecule has 1 atom stereocenters. The monoisotopic (exact) mass is 326 g/mol. The molecule has 0 radical (unpaired) electrons. The Kier molecular flexibility index (Phi) is 4.48. The summed E-state index contributed by atoms with van der Waals surface area (Å²) >= 11 is 0. The summed E-state index contributed by atoms with van der Waals surface area (Å²) in [6.45, 7) is 0.329. The van der Waals surface area contributed by atoms with Crippen molar-refractivity contribution in [1.29, 1.82) is 0 Å². The number of nitrogens with zero attached hydrogens (tertiary/aromatic N) is 1. The topological polar surface area (TPSA) is 75.7 Å². The molecule has 0 aliphatic carbocycles. The van der Waals surface area contributed by atoms with Crippen LogP contribution >= 0.6 is 0 Å². The number of fused-ring (bicyclic) bond motifs is 1. The number of nitrogens with one attached hydrogen (secondary N) is 1. The Morgan fingerprint density at radius 1 is 1.21 bits per heavy atom. The molecule has 0 unspecified atom stereocenters. The summed E-state index contributed by atoms with van der Waals surface area (Å²) in [7, 11) is 3.80. The lowest BCUT2D eigenvalue weighted by molar-refractivity contribution is 0.0912. The van der Waals surface area contributed by atoms with E-state index in [-0.39, 0.29) is 17.2 Å². The highest BCUT2D eigenvalue weighted by Crippen LogP contribution is 2.18. The quantitative estimate of drug-likeness (QED) is 0.779. The van der Waals surface area contributed by atoms with E-state index in [0.717, 1.165) is 5.76 Å². The Hall–Kier alpha value is -2.86. The molecule has 1 amide bonds. The first kappa shape index (κ1) is 16.0. The molecule has 0 saturated heterocycles. The van der Waals surface area contributed by atoms with Gasteiger partial charge in [0.1, 0.15) is 11.3 Å². The highest BCUT2D eigenvalue weighted by atomic mass is 16.3. The van der Waals surface area contributed by atoms with Gasteiger partial charge in [0.15, 0.2) is 11.2 Å². The summed E-state index contributed by atoms with van der Waals surface area (Å²) < 4.78 is 10.9. The molecular formula is C18H18N2O4. The molecule has 6 heteroatoms. The SMILES string of the molecule is CN(C)[C@@H](CNC(=O)c1cc(=O)c2ccccc2o1)c1ccco1. The number of rotatable bonds is 5. The molecule has 3 rings (SSSR count). The van der Waals surface area contributed by atoms with Gasteiger partial charge in [-0.05, 0) is 38.4 Å². The summed E-state index contributed by atoms with van der Waals surface area (Å²) in [4.78, 5) is 26.4. The normalized spacial score (nSPS) is 12.5. The highest BCUT2D eigenvalue weighted by Gasteiger charge is 2.19. The van der Waals surface area contributed by atoms with Gasteiger partial charge in [0, 0.05) is 12.6 Å². The van der Waals surface area contributed by atoms with E-state index in [9.17, 15) is 9.59 Å². The number of hydrogen-bond acceptors (Lipinski definition) is 5. The van der Waals surface area contributed by atoms with Crippen molar-refractivity contribution >= 4 is 16.9 Å². The third-order valence-corrected chi connectivity index (χ3v) is 3.81. The molecule has 0 saturated carbocycles. The maximum absolute atomic E-state index is 12.3. The number of carbonyl (C=O) groups excluding carboxylic acids is 1. The molecule has 0 spiro atoms. The van der Waals surface area contributed by atoms with Crippen LogP contribution in [0.5, 0.6) is 0 Å². The third kappa shape index (κ3) is 3.23. The van der Waals surface area contributed by atoms with Crippen molar-refractivity contribution in [3.8, 4) is 0 Å². The van der Waals surface area contributed by atoms with E-state index in [1.165, 1.54) is 6.07 Å². The minimum Gasteiger partial charge on any atom is -0.468 e. The number of furan rings is 1. The maximum atomic E-state index is 12.3. The first-order valence-electron chi connectivity index (χ1n) is 7.57. The zero-order valence-corrected chi connectivity index (χ0v) is 13.5. The van der Waals surface area contributed by atoms with Gasteiger partial charge in [-0.25, -0.2) is 0 Å². The lowest BCUT2D eigenvalue weighted by atomic mass is 10.2. The Morgan fingerprint density at radius 2 is 2.00 bits per heavy atom. The minimum absolute atomic E-state index is 0.00403. The molecule has 124 valence electrons. The number of benzene rings is 1. The van der Waals surface area contributed by atoms with Crippen LogP contribution in [0.1, 0.15) is 22.4 Å². The second kappa shape index (κ2) is 6.72. The van der Waals surface area contributed by atoms with Crippen LogP contribution in [-0.2, 0) is 0 Å². The molecule has 0 aliphatic rings. The van der Waals surface area contributed by atoms with Gasteiger partial charge in [0.2, 0.25) is 0 Å². The molecule has 3 aromatic rings. The number of carbonyl (C=O) groups is 1. The van der Waals surface area contributed by atoms with E-state index in [1.54, 1.807) is 36.6 Å². The van der Waals surface area contributed by atoms with Crippen molar-refractivity contribution in [2.24, 2.45) is 0 Å². The van der Waals surface area contributed by atoms with Gasteiger partial charge >= 0.3 is 0 Å². The van der Waals surface area contributed by atoms with Crippen LogP contribution < -0.4 is 10.7 Å². The van der Waals surface area contributed by atoms with Crippen LogP contribution in [0.25, 0.3) is 11.0 Å². The maximum Gasteiger partial charge on any atom is 0.287 e. The van der Waals surface area contributed by atoms with Crippen LogP contribution in [0.3, 0.4) is 0 Å². The van der Waals surface area contributed by atoms with Gasteiger partial charge in [-0.1, -0.05) is 12.1 Å². The van der Waals surface area contributed by atoms with E-state index in [1.807, 2.05) is 25.1 Å². The predicted octanol–water partition coefficient (Wildman–Crippen LogP) is 2.42. The third-order valence-electron chi connectivity index (χ3n) is 3.81. The van der Waals surface area contributed by atoms with Gasteiger partial charge in [-0.3, -0.25) is 14.5 Å². The molecule has 0 aliphatic heterocycles. The van der Waals surface area contributed by atoms with Gasteiger partial charge in [-0.15, -0.1) is 0 Å². The smallest absolute Gasteiger partial charge is 0.287 e. The summed E-state index contributed by atoms with van der Waals surface area (Å²) in [5.74, 6) is 0.312. The summed E-state index contributed by atoms with van der Waals surface area (Å²) in [5.41, 5.74) is 0.155. The van der Waals surface area contributed by atoms with E-state index in [0.29, 0.717) is 17.5 Å². The fraction of sp³-hybridized carbons (Fsp3) is 0.222. The summed E-state index contributed by atoms with van der Waals surface area (Å²) in [6, 6.07) is 11.6. The van der Waals surface area contributed by atoms with Crippen LogP contribution in [0, 0.1) is 0 Å². The van der Waals surface area contributed by atoms with Crippen molar-refractivity contribution in [2.45, 2.75) is 6.04 Å². The molecular weight excluding hydrogens is 308 g/mol. The largest absolute Gasteiger partial charge is 0.468 e. The van der Waals surface area contributed by atoms with Gasteiger partial charge in [-0.2, -0.15) is 0 Å². The zero-order chi connectivity index (χ0) is 17.1. The molecule has 2 heterocycles. The molecule has 0 fully saturated rings. The fourth-order valence-electron chi connectivity index (χ4n) is 2.51. The lowest BCUT2D eigenvalue weighted by Gasteiger charge is -2.22. The molecule has 1 N–H and O–H groups in total. The molecule has 6 nitrogen and oxygen atoms in total. The van der Waals surface area contributed by atoms with Gasteiger partial charge in [0.25, 0.3) is 5.91 Å². The van der Waals surface area contributed by atoms with Crippen LogP contribution in [-0.4, -0.2) is 31.4 Å².